The maximum absolute atomic E-state index is 11.1. The van der Waals surface area contributed by atoms with E-state index in [2.05, 4.69) is 11.8 Å². The summed E-state index contributed by atoms with van der Waals surface area (Å²) in [6, 6.07) is 2.50. The zero-order chi connectivity index (χ0) is 15.7. The molecule has 0 saturated carbocycles. The Morgan fingerprint density at radius 1 is 1.57 bits per heavy atom. The minimum absolute atomic E-state index is 0.147. The zero-order valence-corrected chi connectivity index (χ0v) is 12.0. The van der Waals surface area contributed by atoms with Crippen LogP contribution in [0.15, 0.2) is 23.9 Å². The van der Waals surface area contributed by atoms with E-state index in [1.165, 1.54) is 0 Å². The second-order valence-electron chi connectivity index (χ2n) is 5.00. The molecule has 3 N–H and O–H groups in total. The van der Waals surface area contributed by atoms with E-state index >= 15 is 0 Å². The highest BCUT2D eigenvalue weighted by atomic mass is 16.4. The summed E-state index contributed by atoms with van der Waals surface area (Å²) < 4.78 is 1.90. The maximum Gasteiger partial charge on any atom is 0.320 e. The third-order valence-corrected chi connectivity index (χ3v) is 3.80. The standard InChI is InChI=1S/C15H17N3O3/c1-4-9-5-12(17-21)14-10(7-11(16)15(19)20)8(2)18(3)13(14)6-9/h4-6,11H,1,7,16H2,2-3H3,(H,19,20). The Bertz CT molecular complexity index is 746. The van der Waals surface area contributed by atoms with Gasteiger partial charge in [0.05, 0.1) is 5.52 Å². The maximum atomic E-state index is 11.1. The Morgan fingerprint density at radius 2 is 2.24 bits per heavy atom. The number of aryl methyl sites for hydroxylation is 1. The summed E-state index contributed by atoms with van der Waals surface area (Å²) in [5, 5.41) is 12.7. The van der Waals surface area contributed by atoms with E-state index in [9.17, 15) is 9.70 Å². The second kappa shape index (κ2) is 5.49. The largest absolute Gasteiger partial charge is 0.480 e. The van der Waals surface area contributed by atoms with Crippen molar-refractivity contribution in [1.82, 2.24) is 4.57 Å². The van der Waals surface area contributed by atoms with Gasteiger partial charge in [-0.1, -0.05) is 12.7 Å². The second-order valence-corrected chi connectivity index (χ2v) is 5.00. The van der Waals surface area contributed by atoms with E-state index in [-0.39, 0.29) is 12.1 Å². The SMILES string of the molecule is C=Cc1cc(N=O)c2c(CC(N)C(=O)O)c(C)n(C)c2c1. The molecule has 0 bridgehead atoms. The first-order valence-electron chi connectivity index (χ1n) is 6.46. The third kappa shape index (κ3) is 2.45. The van der Waals surface area contributed by atoms with Gasteiger partial charge in [-0.2, -0.15) is 0 Å². The lowest BCUT2D eigenvalue weighted by Crippen LogP contribution is -2.32. The van der Waals surface area contributed by atoms with Gasteiger partial charge >= 0.3 is 5.97 Å². The summed E-state index contributed by atoms with van der Waals surface area (Å²) in [5.74, 6) is -1.07. The van der Waals surface area contributed by atoms with Crippen molar-refractivity contribution in [1.29, 1.82) is 0 Å². The molecule has 0 aliphatic rings. The topological polar surface area (TPSA) is 97.7 Å². The predicted molar refractivity (Wildman–Crippen MR) is 82.5 cm³/mol. The summed E-state index contributed by atoms with van der Waals surface area (Å²) in [7, 11) is 1.86. The molecule has 1 aromatic heterocycles. The van der Waals surface area contributed by atoms with Crippen LogP contribution in [-0.4, -0.2) is 21.7 Å². The number of rotatable bonds is 5. The molecule has 0 amide bonds. The number of nitrogens with two attached hydrogens (primary N) is 1. The van der Waals surface area contributed by atoms with E-state index in [1.807, 2.05) is 24.6 Å². The highest BCUT2D eigenvalue weighted by Crippen LogP contribution is 2.35. The molecule has 110 valence electrons. The Hall–Kier alpha value is -2.47. The molecular weight excluding hydrogens is 270 g/mol. The van der Waals surface area contributed by atoms with Crippen LogP contribution in [0.1, 0.15) is 16.8 Å². The molecule has 0 spiro atoms. The first-order valence-corrected chi connectivity index (χ1v) is 6.46. The van der Waals surface area contributed by atoms with Crippen molar-refractivity contribution in [3.8, 4) is 0 Å². The molecule has 1 heterocycles. The van der Waals surface area contributed by atoms with Gasteiger partial charge in [0.25, 0.3) is 0 Å². The van der Waals surface area contributed by atoms with E-state index < -0.39 is 12.0 Å². The molecule has 0 aliphatic heterocycles. The fourth-order valence-electron chi connectivity index (χ4n) is 2.52. The molecule has 2 rings (SSSR count). The van der Waals surface area contributed by atoms with Crippen molar-refractivity contribution < 1.29 is 9.90 Å². The fraction of sp³-hybridized carbons (Fsp3) is 0.267. The van der Waals surface area contributed by atoms with Crippen molar-refractivity contribution in [3.05, 3.63) is 40.4 Å². The van der Waals surface area contributed by atoms with Gasteiger partial charge in [-0.05, 0) is 35.4 Å². The molecule has 0 fully saturated rings. The third-order valence-electron chi connectivity index (χ3n) is 3.80. The van der Waals surface area contributed by atoms with Gasteiger partial charge in [0.1, 0.15) is 11.7 Å². The Kier molecular flexibility index (Phi) is 3.90. The van der Waals surface area contributed by atoms with Gasteiger partial charge in [-0.25, -0.2) is 0 Å². The van der Waals surface area contributed by atoms with Crippen LogP contribution in [0.3, 0.4) is 0 Å². The molecular formula is C15H17N3O3. The summed E-state index contributed by atoms with van der Waals surface area (Å²) in [6.07, 6.45) is 1.79. The molecule has 6 nitrogen and oxygen atoms in total. The van der Waals surface area contributed by atoms with Crippen LogP contribution in [0.4, 0.5) is 5.69 Å². The monoisotopic (exact) mass is 287 g/mol. The Balaban J connectivity index is 2.76. The van der Waals surface area contributed by atoms with Gasteiger partial charge in [-0.15, -0.1) is 4.91 Å². The molecule has 2 aromatic rings. The van der Waals surface area contributed by atoms with Crippen molar-refractivity contribution in [3.63, 3.8) is 0 Å². The predicted octanol–water partition coefficient (Wildman–Crippen LogP) is 2.48. The number of nitroso groups, excluding NO2 is 1. The molecule has 0 saturated heterocycles. The number of benzene rings is 1. The van der Waals surface area contributed by atoms with E-state index in [0.717, 1.165) is 22.3 Å². The summed E-state index contributed by atoms with van der Waals surface area (Å²) in [6.45, 7) is 5.56. The number of hydrogen-bond acceptors (Lipinski definition) is 4. The van der Waals surface area contributed by atoms with Gasteiger partial charge in [-0.3, -0.25) is 4.79 Å². The summed E-state index contributed by atoms with van der Waals surface area (Å²) in [4.78, 5) is 22.1. The minimum atomic E-state index is -1.07. The lowest BCUT2D eigenvalue weighted by Gasteiger charge is -2.07. The summed E-state index contributed by atoms with van der Waals surface area (Å²) >= 11 is 0. The number of nitrogens with zero attached hydrogens (tertiary/aromatic N) is 2. The van der Waals surface area contributed by atoms with Gasteiger partial charge in [0.15, 0.2) is 0 Å². The van der Waals surface area contributed by atoms with Gasteiger partial charge in [0.2, 0.25) is 0 Å². The highest BCUT2D eigenvalue weighted by Gasteiger charge is 2.21. The lowest BCUT2D eigenvalue weighted by atomic mass is 10.0. The van der Waals surface area contributed by atoms with Crippen molar-refractivity contribution in [2.75, 3.05) is 0 Å². The van der Waals surface area contributed by atoms with E-state index in [4.69, 9.17) is 10.8 Å². The van der Waals surface area contributed by atoms with Crippen molar-refractivity contribution >= 4 is 28.6 Å². The number of carboxylic acids is 1. The number of carbonyl (C=O) groups is 1. The highest BCUT2D eigenvalue weighted by molar-refractivity contribution is 5.97. The number of carboxylic acid groups (broad SMARTS) is 1. The van der Waals surface area contributed by atoms with Gasteiger partial charge < -0.3 is 15.4 Å². The normalized spacial score (nSPS) is 12.3. The number of fused-ring (bicyclic) bond motifs is 1. The average Bonchev–Trinajstić information content (AvgIpc) is 2.71. The van der Waals surface area contributed by atoms with Crippen LogP contribution >= 0.6 is 0 Å². The van der Waals surface area contributed by atoms with Crippen LogP contribution in [0.25, 0.3) is 17.0 Å². The van der Waals surface area contributed by atoms with Crippen molar-refractivity contribution in [2.45, 2.75) is 19.4 Å². The first-order chi connectivity index (χ1) is 9.90. The summed E-state index contributed by atoms with van der Waals surface area (Å²) in [5.41, 5.74) is 9.12. The van der Waals surface area contributed by atoms with Gasteiger partial charge in [0, 0.05) is 24.5 Å². The van der Waals surface area contributed by atoms with Crippen LogP contribution in [0.2, 0.25) is 0 Å². The number of aromatic nitrogens is 1. The number of hydrogen-bond donors (Lipinski definition) is 2. The molecule has 6 heteroatoms. The van der Waals surface area contributed by atoms with Crippen molar-refractivity contribution in [2.24, 2.45) is 18.0 Å². The van der Waals surface area contributed by atoms with Crippen LogP contribution in [-0.2, 0) is 18.3 Å². The molecule has 21 heavy (non-hydrogen) atoms. The minimum Gasteiger partial charge on any atom is -0.480 e. The van der Waals surface area contributed by atoms with Crippen LogP contribution < -0.4 is 5.73 Å². The molecule has 1 aromatic carbocycles. The number of aliphatic carboxylic acids is 1. The molecule has 1 unspecified atom stereocenters. The van der Waals surface area contributed by atoms with Crippen LogP contribution in [0, 0.1) is 11.8 Å². The smallest absolute Gasteiger partial charge is 0.320 e. The molecule has 1 atom stereocenters. The Labute approximate surface area is 121 Å². The lowest BCUT2D eigenvalue weighted by molar-refractivity contribution is -0.138. The van der Waals surface area contributed by atoms with E-state index in [0.29, 0.717) is 5.39 Å². The first kappa shape index (κ1) is 14.9. The average molecular weight is 287 g/mol. The van der Waals surface area contributed by atoms with E-state index in [1.54, 1.807) is 12.1 Å². The van der Waals surface area contributed by atoms with Crippen LogP contribution in [0.5, 0.6) is 0 Å². The molecule has 0 radical (unpaired) electrons. The fourth-order valence-corrected chi connectivity index (χ4v) is 2.52. The Morgan fingerprint density at radius 3 is 2.76 bits per heavy atom. The quantitative estimate of drug-likeness (QED) is 0.825. The molecule has 0 aliphatic carbocycles. The zero-order valence-electron chi connectivity index (χ0n) is 12.0.